The predicted octanol–water partition coefficient (Wildman–Crippen LogP) is 3.15. The van der Waals surface area contributed by atoms with Crippen molar-refractivity contribution in [2.45, 2.75) is 40.3 Å². The molecule has 0 bridgehead atoms. The number of hydrogen-bond donors (Lipinski definition) is 0. The molecule has 0 unspecified atom stereocenters. The Hall–Kier alpha value is -1.35. The molecule has 1 saturated heterocycles. The van der Waals surface area contributed by atoms with Gasteiger partial charge in [0, 0.05) is 7.05 Å². The standard InChI is InChI=1S/C7H14N2O.C7H8.C2H6/c1-7(2)8(3)5-6(10)9(7)4;1-7-5-3-2-4-6-7;1-2/h5H2,1-4H3;2-6H,1H3;1-2H3. The fourth-order valence-corrected chi connectivity index (χ4v) is 1.60. The topological polar surface area (TPSA) is 23.6 Å². The minimum atomic E-state index is -0.100. The molecule has 108 valence electrons. The Kier molecular flexibility index (Phi) is 7.38. The van der Waals surface area contributed by atoms with Gasteiger partial charge in [0.1, 0.15) is 0 Å². The summed E-state index contributed by atoms with van der Waals surface area (Å²) < 4.78 is 0. The SMILES string of the molecule is CC.CN1CC(=O)N(C)C1(C)C.Cc1ccccc1. The van der Waals surface area contributed by atoms with Crippen LogP contribution in [0.2, 0.25) is 0 Å². The van der Waals surface area contributed by atoms with Crippen molar-refractivity contribution < 1.29 is 4.79 Å². The second-order valence-electron chi connectivity index (χ2n) is 4.96. The van der Waals surface area contributed by atoms with Crippen molar-refractivity contribution >= 4 is 5.91 Å². The van der Waals surface area contributed by atoms with Crippen LogP contribution in [0.3, 0.4) is 0 Å². The van der Waals surface area contributed by atoms with Crippen LogP contribution in [0, 0.1) is 6.92 Å². The molecular weight excluding hydrogens is 236 g/mol. The van der Waals surface area contributed by atoms with Crippen LogP contribution in [-0.4, -0.2) is 42.0 Å². The molecule has 0 atom stereocenters. The highest BCUT2D eigenvalue weighted by Gasteiger charge is 2.39. The van der Waals surface area contributed by atoms with Crippen LogP contribution >= 0.6 is 0 Å². The molecule has 0 N–H and O–H groups in total. The molecule has 1 aromatic rings. The van der Waals surface area contributed by atoms with E-state index in [4.69, 9.17) is 0 Å². The fraction of sp³-hybridized carbons (Fsp3) is 0.562. The summed E-state index contributed by atoms with van der Waals surface area (Å²) >= 11 is 0. The van der Waals surface area contributed by atoms with Gasteiger partial charge in [0.25, 0.3) is 0 Å². The summed E-state index contributed by atoms with van der Waals surface area (Å²) in [6.45, 7) is 10.7. The van der Waals surface area contributed by atoms with Crippen molar-refractivity contribution in [2.75, 3.05) is 20.6 Å². The number of nitrogens with zero attached hydrogens (tertiary/aromatic N) is 2. The minimum Gasteiger partial charge on any atom is -0.327 e. The normalized spacial score (nSPS) is 17.2. The van der Waals surface area contributed by atoms with E-state index in [1.165, 1.54) is 5.56 Å². The molecule has 0 saturated carbocycles. The number of hydrogen-bond acceptors (Lipinski definition) is 2. The summed E-state index contributed by atoms with van der Waals surface area (Å²) in [7, 11) is 3.80. The molecule has 3 heteroatoms. The van der Waals surface area contributed by atoms with Gasteiger partial charge in [-0.25, -0.2) is 0 Å². The lowest BCUT2D eigenvalue weighted by Gasteiger charge is -2.32. The lowest BCUT2D eigenvalue weighted by Crippen LogP contribution is -2.45. The summed E-state index contributed by atoms with van der Waals surface area (Å²) in [5, 5.41) is 0. The Labute approximate surface area is 118 Å². The Bertz CT molecular complexity index is 374. The molecule has 1 aliphatic heterocycles. The van der Waals surface area contributed by atoms with E-state index in [-0.39, 0.29) is 11.6 Å². The molecule has 0 radical (unpaired) electrons. The lowest BCUT2D eigenvalue weighted by molar-refractivity contribution is -0.128. The molecule has 0 aromatic heterocycles. The summed E-state index contributed by atoms with van der Waals surface area (Å²) in [5.74, 6) is 0.201. The zero-order valence-corrected chi connectivity index (χ0v) is 13.4. The van der Waals surface area contributed by atoms with Gasteiger partial charge in [0.2, 0.25) is 5.91 Å². The van der Waals surface area contributed by atoms with Gasteiger partial charge < -0.3 is 4.90 Å². The van der Waals surface area contributed by atoms with Crippen LogP contribution in [0.5, 0.6) is 0 Å². The first-order valence-corrected chi connectivity index (χ1v) is 6.85. The van der Waals surface area contributed by atoms with Crippen LogP contribution in [0.4, 0.5) is 0 Å². The average Bonchev–Trinajstić information content (AvgIpc) is 2.57. The average molecular weight is 264 g/mol. The van der Waals surface area contributed by atoms with Gasteiger partial charge in [-0.1, -0.05) is 49.7 Å². The van der Waals surface area contributed by atoms with Crippen molar-refractivity contribution in [3.63, 3.8) is 0 Å². The fourth-order valence-electron chi connectivity index (χ4n) is 1.60. The van der Waals surface area contributed by atoms with Crippen LogP contribution in [-0.2, 0) is 4.79 Å². The van der Waals surface area contributed by atoms with Crippen molar-refractivity contribution in [1.29, 1.82) is 0 Å². The Balaban J connectivity index is 0.000000316. The molecule has 1 fully saturated rings. The van der Waals surface area contributed by atoms with E-state index < -0.39 is 0 Å². The van der Waals surface area contributed by atoms with E-state index >= 15 is 0 Å². The lowest BCUT2D eigenvalue weighted by atomic mass is 10.2. The van der Waals surface area contributed by atoms with Gasteiger partial charge in [0.05, 0.1) is 12.2 Å². The van der Waals surface area contributed by atoms with Crippen molar-refractivity contribution in [3.05, 3.63) is 35.9 Å². The van der Waals surface area contributed by atoms with E-state index in [0.29, 0.717) is 6.54 Å². The Morgan fingerprint density at radius 1 is 1.05 bits per heavy atom. The molecule has 0 spiro atoms. The summed E-state index contributed by atoms with van der Waals surface area (Å²) in [4.78, 5) is 14.9. The maximum Gasteiger partial charge on any atom is 0.238 e. The molecule has 0 aliphatic carbocycles. The Morgan fingerprint density at radius 3 is 1.68 bits per heavy atom. The molecule has 1 heterocycles. The molecule has 1 aromatic carbocycles. The third-order valence-electron chi connectivity index (χ3n) is 3.44. The number of rotatable bonds is 0. The molecule has 19 heavy (non-hydrogen) atoms. The van der Waals surface area contributed by atoms with Crippen molar-refractivity contribution in [3.8, 4) is 0 Å². The first-order valence-electron chi connectivity index (χ1n) is 6.85. The number of carbonyl (C=O) groups excluding carboxylic acids is 1. The maximum atomic E-state index is 11.1. The van der Waals surface area contributed by atoms with Gasteiger partial charge in [-0.2, -0.15) is 0 Å². The monoisotopic (exact) mass is 264 g/mol. The van der Waals surface area contributed by atoms with Crippen molar-refractivity contribution in [1.82, 2.24) is 9.80 Å². The van der Waals surface area contributed by atoms with Crippen LogP contribution in [0.1, 0.15) is 33.3 Å². The second-order valence-corrected chi connectivity index (χ2v) is 4.96. The summed E-state index contributed by atoms with van der Waals surface area (Å²) in [5.41, 5.74) is 1.22. The number of benzene rings is 1. The van der Waals surface area contributed by atoms with Crippen LogP contribution in [0.25, 0.3) is 0 Å². The number of aryl methyl sites for hydroxylation is 1. The quantitative estimate of drug-likeness (QED) is 0.718. The van der Waals surface area contributed by atoms with Gasteiger partial charge in [0.15, 0.2) is 0 Å². The highest BCUT2D eigenvalue weighted by Crippen LogP contribution is 2.22. The first-order chi connectivity index (χ1) is 8.85. The van der Waals surface area contributed by atoms with Gasteiger partial charge in [-0.05, 0) is 27.8 Å². The van der Waals surface area contributed by atoms with Gasteiger partial charge in [-0.3, -0.25) is 9.69 Å². The highest BCUT2D eigenvalue weighted by molar-refractivity contribution is 5.80. The van der Waals surface area contributed by atoms with E-state index in [1.54, 1.807) is 4.90 Å². The third kappa shape index (κ3) is 5.03. The van der Waals surface area contributed by atoms with E-state index in [1.807, 2.05) is 64.9 Å². The maximum absolute atomic E-state index is 11.1. The smallest absolute Gasteiger partial charge is 0.238 e. The number of likely N-dealkylation sites (N-methyl/N-ethyl adjacent to an activating group) is 2. The zero-order chi connectivity index (χ0) is 15.1. The summed E-state index contributed by atoms with van der Waals surface area (Å²) in [6.07, 6.45) is 0. The highest BCUT2D eigenvalue weighted by atomic mass is 16.2. The molecule has 1 aliphatic rings. The molecule has 1 amide bonds. The minimum absolute atomic E-state index is 0.100. The second kappa shape index (κ2) is 7.95. The van der Waals surface area contributed by atoms with Crippen LogP contribution in [0.15, 0.2) is 30.3 Å². The van der Waals surface area contributed by atoms with Gasteiger partial charge in [-0.15, -0.1) is 0 Å². The third-order valence-corrected chi connectivity index (χ3v) is 3.44. The number of amides is 1. The van der Waals surface area contributed by atoms with E-state index in [2.05, 4.69) is 19.1 Å². The number of carbonyl (C=O) groups is 1. The van der Waals surface area contributed by atoms with E-state index in [0.717, 1.165) is 0 Å². The van der Waals surface area contributed by atoms with Gasteiger partial charge >= 0.3 is 0 Å². The molecule has 3 nitrogen and oxygen atoms in total. The summed E-state index contributed by atoms with van der Waals surface area (Å²) in [6, 6.07) is 10.3. The Morgan fingerprint density at radius 2 is 1.53 bits per heavy atom. The largest absolute Gasteiger partial charge is 0.327 e. The zero-order valence-electron chi connectivity index (χ0n) is 13.4. The predicted molar refractivity (Wildman–Crippen MR) is 82.0 cm³/mol. The van der Waals surface area contributed by atoms with E-state index in [9.17, 15) is 4.79 Å². The van der Waals surface area contributed by atoms with Crippen LogP contribution < -0.4 is 0 Å². The van der Waals surface area contributed by atoms with Crippen molar-refractivity contribution in [2.24, 2.45) is 0 Å². The first kappa shape index (κ1) is 17.6. The molecule has 2 rings (SSSR count). The molecular formula is C16H28N2O.